The third kappa shape index (κ3) is 3.28. The molecule has 0 bridgehead atoms. The summed E-state index contributed by atoms with van der Waals surface area (Å²) in [5.74, 6) is 0.210. The third-order valence-electron chi connectivity index (χ3n) is 3.81. The molecule has 1 aromatic heterocycles. The average molecular weight is 277 g/mol. The zero-order chi connectivity index (χ0) is 14.5. The van der Waals surface area contributed by atoms with E-state index < -0.39 is 0 Å². The number of likely N-dealkylation sites (tertiary alicyclic amines) is 1. The van der Waals surface area contributed by atoms with Crippen LogP contribution in [0.25, 0.3) is 0 Å². The Morgan fingerprint density at radius 2 is 2.45 bits per heavy atom. The van der Waals surface area contributed by atoms with Crippen LogP contribution in [0.1, 0.15) is 37.0 Å². The summed E-state index contributed by atoms with van der Waals surface area (Å²) in [5, 5.41) is 12.9. The molecule has 1 fully saturated rings. The van der Waals surface area contributed by atoms with Gasteiger partial charge in [-0.1, -0.05) is 6.92 Å². The largest absolute Gasteiger partial charge is 0.393 e. The van der Waals surface area contributed by atoms with E-state index in [0.29, 0.717) is 18.7 Å². The van der Waals surface area contributed by atoms with E-state index >= 15 is 0 Å². The first kappa shape index (κ1) is 14.8. The lowest BCUT2D eigenvalue weighted by Crippen LogP contribution is -2.31. The molecular formula is C15H23N3O2. The summed E-state index contributed by atoms with van der Waals surface area (Å²) in [5.41, 5.74) is 1.46. The Morgan fingerprint density at radius 3 is 3.10 bits per heavy atom. The number of nitrogens with zero attached hydrogens (tertiary/aromatic N) is 2. The quantitative estimate of drug-likeness (QED) is 0.860. The summed E-state index contributed by atoms with van der Waals surface area (Å²) in [6.07, 6.45) is 4.85. The molecule has 0 spiro atoms. The molecule has 0 saturated carbocycles. The van der Waals surface area contributed by atoms with Gasteiger partial charge in [0.2, 0.25) is 0 Å². The van der Waals surface area contributed by atoms with Gasteiger partial charge in [-0.15, -0.1) is 0 Å². The van der Waals surface area contributed by atoms with Gasteiger partial charge in [-0.3, -0.25) is 9.78 Å². The van der Waals surface area contributed by atoms with Crippen LogP contribution in [0.4, 0.5) is 5.69 Å². The summed E-state index contributed by atoms with van der Waals surface area (Å²) < 4.78 is 0. The van der Waals surface area contributed by atoms with Gasteiger partial charge in [0.15, 0.2) is 0 Å². The highest BCUT2D eigenvalue weighted by Gasteiger charge is 2.30. The summed E-state index contributed by atoms with van der Waals surface area (Å²) in [6.45, 7) is 6.04. The van der Waals surface area contributed by atoms with Crippen molar-refractivity contribution < 1.29 is 9.90 Å². The molecule has 1 aliphatic heterocycles. The lowest BCUT2D eigenvalue weighted by molar-refractivity contribution is 0.0763. The van der Waals surface area contributed by atoms with Crippen molar-refractivity contribution in [2.45, 2.75) is 32.8 Å². The molecule has 0 aromatic carbocycles. The number of aromatic nitrogens is 1. The number of aliphatic hydroxyl groups is 1. The second-order valence-corrected chi connectivity index (χ2v) is 5.39. The van der Waals surface area contributed by atoms with Crippen LogP contribution in [0.2, 0.25) is 0 Å². The normalized spacial score (nSPS) is 19.9. The lowest BCUT2D eigenvalue weighted by Gasteiger charge is -2.19. The van der Waals surface area contributed by atoms with Gasteiger partial charge < -0.3 is 15.3 Å². The van der Waals surface area contributed by atoms with Crippen molar-refractivity contribution in [1.29, 1.82) is 0 Å². The van der Waals surface area contributed by atoms with Crippen molar-refractivity contribution in [3.05, 3.63) is 24.0 Å². The zero-order valence-electron chi connectivity index (χ0n) is 12.2. The summed E-state index contributed by atoms with van der Waals surface area (Å²) in [4.78, 5) is 18.5. The number of aliphatic hydroxyl groups excluding tert-OH is 1. The highest BCUT2D eigenvalue weighted by molar-refractivity contribution is 5.99. The molecule has 20 heavy (non-hydrogen) atoms. The van der Waals surface area contributed by atoms with Gasteiger partial charge in [0.1, 0.15) is 0 Å². The van der Waals surface area contributed by atoms with Crippen molar-refractivity contribution in [2.75, 3.05) is 25.0 Å². The summed E-state index contributed by atoms with van der Waals surface area (Å²) >= 11 is 0. The Kier molecular flexibility index (Phi) is 4.95. The fraction of sp³-hybridized carbons (Fsp3) is 0.600. The van der Waals surface area contributed by atoms with E-state index in [1.54, 1.807) is 25.4 Å². The van der Waals surface area contributed by atoms with E-state index in [0.717, 1.165) is 25.1 Å². The van der Waals surface area contributed by atoms with Gasteiger partial charge in [-0.25, -0.2) is 0 Å². The van der Waals surface area contributed by atoms with Crippen molar-refractivity contribution in [1.82, 2.24) is 9.88 Å². The zero-order valence-corrected chi connectivity index (χ0v) is 12.2. The number of carbonyl (C=O) groups excluding carboxylic acids is 1. The van der Waals surface area contributed by atoms with Gasteiger partial charge >= 0.3 is 0 Å². The van der Waals surface area contributed by atoms with E-state index in [4.69, 9.17) is 0 Å². The van der Waals surface area contributed by atoms with Gasteiger partial charge in [0.05, 0.1) is 23.6 Å². The van der Waals surface area contributed by atoms with Crippen LogP contribution in [-0.2, 0) is 0 Å². The number of nitrogens with one attached hydrogen (secondary N) is 1. The molecule has 2 unspecified atom stereocenters. The van der Waals surface area contributed by atoms with Gasteiger partial charge in [-0.2, -0.15) is 0 Å². The molecule has 2 heterocycles. The Morgan fingerprint density at radius 1 is 1.65 bits per heavy atom. The maximum atomic E-state index is 12.6. The summed E-state index contributed by atoms with van der Waals surface area (Å²) in [6, 6.07) is 1.76. The molecule has 2 rings (SSSR count). The molecule has 0 radical (unpaired) electrons. The number of rotatable bonds is 5. The highest BCUT2D eigenvalue weighted by Crippen LogP contribution is 2.23. The van der Waals surface area contributed by atoms with Crippen LogP contribution in [0.5, 0.6) is 0 Å². The monoisotopic (exact) mass is 277 g/mol. The number of carbonyl (C=O) groups is 1. The first-order valence-electron chi connectivity index (χ1n) is 7.28. The minimum atomic E-state index is -0.358. The number of anilines is 1. The number of hydrogen-bond acceptors (Lipinski definition) is 4. The van der Waals surface area contributed by atoms with Crippen LogP contribution in [0.15, 0.2) is 18.5 Å². The van der Waals surface area contributed by atoms with Crippen molar-refractivity contribution in [3.63, 3.8) is 0 Å². The van der Waals surface area contributed by atoms with Crippen LogP contribution in [0, 0.1) is 5.92 Å². The van der Waals surface area contributed by atoms with Crippen LogP contribution in [0.3, 0.4) is 0 Å². The van der Waals surface area contributed by atoms with E-state index in [1.165, 1.54) is 0 Å². The van der Waals surface area contributed by atoms with Gasteiger partial charge in [0.25, 0.3) is 5.91 Å². The first-order valence-corrected chi connectivity index (χ1v) is 7.28. The maximum absolute atomic E-state index is 12.6. The first-order chi connectivity index (χ1) is 9.63. The Hall–Kier alpha value is -1.62. The number of hydrogen-bond donors (Lipinski definition) is 2. The van der Waals surface area contributed by atoms with Crippen molar-refractivity contribution in [2.24, 2.45) is 5.92 Å². The third-order valence-corrected chi connectivity index (χ3v) is 3.81. The lowest BCUT2D eigenvalue weighted by atomic mass is 10.0. The van der Waals surface area contributed by atoms with Gasteiger partial charge in [-0.05, 0) is 25.8 Å². The molecule has 0 aliphatic carbocycles. The Balaban J connectivity index is 2.09. The molecule has 1 aliphatic rings. The predicted molar refractivity (Wildman–Crippen MR) is 78.7 cm³/mol. The number of pyridine rings is 1. The maximum Gasteiger partial charge on any atom is 0.256 e. The van der Waals surface area contributed by atoms with Crippen molar-refractivity contribution >= 4 is 11.6 Å². The highest BCUT2D eigenvalue weighted by atomic mass is 16.3. The minimum Gasteiger partial charge on any atom is -0.393 e. The standard InChI is InChI=1S/C15H23N3O2/c1-3-6-17-14-9-16-7-4-13(14)15(20)18-8-5-12(10-18)11(2)19/h4,7,9,11-12,17,19H,3,5-6,8,10H2,1-2H3. The molecule has 1 saturated heterocycles. The minimum absolute atomic E-state index is 0.0224. The Labute approximate surface area is 120 Å². The second kappa shape index (κ2) is 6.70. The molecule has 110 valence electrons. The fourth-order valence-corrected chi connectivity index (χ4v) is 2.52. The summed E-state index contributed by atoms with van der Waals surface area (Å²) in [7, 11) is 0. The topological polar surface area (TPSA) is 65.5 Å². The van der Waals surface area contributed by atoms with Crippen LogP contribution in [-0.4, -0.2) is 46.6 Å². The molecule has 1 amide bonds. The smallest absolute Gasteiger partial charge is 0.256 e. The van der Waals surface area contributed by atoms with E-state index in [2.05, 4.69) is 17.2 Å². The molecular weight excluding hydrogens is 254 g/mol. The number of amides is 1. The van der Waals surface area contributed by atoms with Gasteiger partial charge in [0, 0.05) is 31.7 Å². The fourth-order valence-electron chi connectivity index (χ4n) is 2.52. The van der Waals surface area contributed by atoms with Crippen molar-refractivity contribution in [3.8, 4) is 0 Å². The average Bonchev–Trinajstić information content (AvgIpc) is 2.94. The molecule has 5 nitrogen and oxygen atoms in total. The molecule has 2 atom stereocenters. The molecule has 1 aromatic rings. The van der Waals surface area contributed by atoms with E-state index in [-0.39, 0.29) is 17.9 Å². The predicted octanol–water partition coefficient (Wildman–Crippen LogP) is 1.75. The molecule has 2 N–H and O–H groups in total. The van der Waals surface area contributed by atoms with E-state index in [9.17, 15) is 9.90 Å². The second-order valence-electron chi connectivity index (χ2n) is 5.39. The SMILES string of the molecule is CCCNc1cnccc1C(=O)N1CCC(C(C)O)C1. The van der Waals surface area contributed by atoms with Crippen LogP contribution >= 0.6 is 0 Å². The van der Waals surface area contributed by atoms with E-state index in [1.807, 2.05) is 4.90 Å². The molecule has 5 heteroatoms. The van der Waals surface area contributed by atoms with Crippen LogP contribution < -0.4 is 5.32 Å². The Bertz CT molecular complexity index is 462.